The maximum absolute atomic E-state index is 13.2. The third-order valence-electron chi connectivity index (χ3n) is 4.59. The summed E-state index contributed by atoms with van der Waals surface area (Å²) in [5.74, 6) is -0.244. The average Bonchev–Trinajstić information content (AvgIpc) is 3.41. The number of carbonyl (C=O) groups excluding carboxylic acids is 1. The van der Waals surface area contributed by atoms with E-state index in [4.69, 9.17) is 0 Å². The van der Waals surface area contributed by atoms with Crippen LogP contribution in [0.1, 0.15) is 33.4 Å². The average molecular weight is 474 g/mol. The van der Waals surface area contributed by atoms with Gasteiger partial charge in [-0.25, -0.2) is 15.0 Å². The van der Waals surface area contributed by atoms with E-state index in [1.807, 2.05) is 0 Å². The maximum atomic E-state index is 13.2. The first kappa shape index (κ1) is 22.0. The lowest BCUT2D eigenvalue weighted by Gasteiger charge is -2.24. The van der Waals surface area contributed by atoms with Gasteiger partial charge in [0.1, 0.15) is 12.4 Å². The highest BCUT2D eigenvalue weighted by atomic mass is 32.2. The predicted molar refractivity (Wildman–Crippen MR) is 99.6 cm³/mol. The number of nitrogens with zero attached hydrogens (tertiary/aromatic N) is 6. The van der Waals surface area contributed by atoms with Crippen LogP contribution >= 0.6 is 11.8 Å². The first-order valence-electron chi connectivity index (χ1n) is 8.91. The molecule has 3 heterocycles. The first-order valence-corrected chi connectivity index (χ1v) is 10.1. The molecule has 1 aliphatic rings. The molecule has 0 saturated carbocycles. The van der Waals surface area contributed by atoms with Crippen molar-refractivity contribution in [3.63, 3.8) is 0 Å². The Kier molecular flexibility index (Phi) is 5.56. The van der Waals surface area contributed by atoms with Crippen molar-refractivity contribution in [3.05, 3.63) is 65.5 Å². The maximum Gasteiger partial charge on any atom is 0.416 e. The number of rotatable bonds is 3. The van der Waals surface area contributed by atoms with Gasteiger partial charge in [-0.15, -0.1) is 11.8 Å². The summed E-state index contributed by atoms with van der Waals surface area (Å²) < 4.78 is 80.4. The fourth-order valence-corrected chi connectivity index (χ4v) is 4.28. The van der Waals surface area contributed by atoms with Crippen molar-refractivity contribution in [2.24, 2.45) is 0 Å². The van der Waals surface area contributed by atoms with E-state index >= 15 is 0 Å². The van der Waals surface area contributed by atoms with E-state index in [0.29, 0.717) is 17.9 Å². The van der Waals surface area contributed by atoms with Crippen molar-refractivity contribution >= 4 is 17.7 Å². The van der Waals surface area contributed by atoms with Crippen molar-refractivity contribution in [3.8, 4) is 5.95 Å². The number of halogens is 6. The van der Waals surface area contributed by atoms with Crippen molar-refractivity contribution in [2.75, 3.05) is 11.6 Å². The van der Waals surface area contributed by atoms with Crippen LogP contribution in [0.4, 0.5) is 26.3 Å². The predicted octanol–water partition coefficient (Wildman–Crippen LogP) is 3.98. The van der Waals surface area contributed by atoms with Crippen molar-refractivity contribution in [1.29, 1.82) is 0 Å². The Morgan fingerprint density at radius 1 is 0.969 bits per heavy atom. The second-order valence-corrected chi connectivity index (χ2v) is 7.66. The molecule has 4 rings (SSSR count). The zero-order valence-electron chi connectivity index (χ0n) is 15.8. The highest BCUT2D eigenvalue weighted by Crippen LogP contribution is 2.38. The minimum absolute atomic E-state index is 0.0175. The molecule has 2 aromatic heterocycles. The van der Waals surface area contributed by atoms with Gasteiger partial charge in [-0.1, -0.05) is 0 Å². The largest absolute Gasteiger partial charge is 0.416 e. The Hall–Kier alpha value is -3.16. The SMILES string of the molecule is O=C(c1cc(C(F)(F)F)cc(C(F)(F)F)c1)N1CSC[C@H]1c1ncnn1-c1ncccn1. The number of hydrogen-bond donors (Lipinski definition) is 0. The molecule has 0 unspecified atom stereocenters. The van der Waals surface area contributed by atoms with Crippen molar-refractivity contribution in [2.45, 2.75) is 18.4 Å². The van der Waals surface area contributed by atoms with Crippen LogP contribution in [-0.2, 0) is 12.4 Å². The lowest BCUT2D eigenvalue weighted by atomic mass is 10.0. The van der Waals surface area contributed by atoms with Crippen LogP contribution in [0.25, 0.3) is 5.95 Å². The van der Waals surface area contributed by atoms with E-state index in [0.717, 1.165) is 4.90 Å². The van der Waals surface area contributed by atoms with Gasteiger partial charge in [0.2, 0.25) is 0 Å². The summed E-state index contributed by atoms with van der Waals surface area (Å²) in [6, 6.07) is 1.64. The van der Waals surface area contributed by atoms with Gasteiger partial charge in [-0.2, -0.15) is 36.1 Å². The Morgan fingerprint density at radius 3 is 2.19 bits per heavy atom. The second kappa shape index (κ2) is 8.07. The fourth-order valence-electron chi connectivity index (χ4n) is 3.13. The number of alkyl halides is 6. The highest BCUT2D eigenvalue weighted by molar-refractivity contribution is 7.99. The van der Waals surface area contributed by atoms with E-state index in [2.05, 4.69) is 20.1 Å². The fraction of sp³-hybridized carbons (Fsp3) is 0.278. The molecule has 0 bridgehead atoms. The van der Waals surface area contributed by atoms with E-state index in [1.165, 1.54) is 35.2 Å². The van der Waals surface area contributed by atoms with E-state index in [9.17, 15) is 31.1 Å². The quantitative estimate of drug-likeness (QED) is 0.535. The molecule has 1 atom stereocenters. The van der Waals surface area contributed by atoms with Gasteiger partial charge < -0.3 is 4.90 Å². The summed E-state index contributed by atoms with van der Waals surface area (Å²) >= 11 is 1.27. The standard InChI is InChI=1S/C18H12F6N6OS/c19-17(20,21)11-4-10(5-12(6-11)18(22,23)24)15(31)29-9-32-7-13(29)14-27-8-28-30(14)16-25-2-1-3-26-16/h1-6,8,13H,7,9H2/t13-/m0/s1. The smallest absolute Gasteiger partial charge is 0.318 e. The first-order chi connectivity index (χ1) is 15.1. The highest BCUT2D eigenvalue weighted by Gasteiger charge is 2.40. The summed E-state index contributed by atoms with van der Waals surface area (Å²) in [7, 11) is 0. The molecule has 7 nitrogen and oxygen atoms in total. The lowest BCUT2D eigenvalue weighted by molar-refractivity contribution is -0.143. The number of carbonyl (C=O) groups is 1. The van der Waals surface area contributed by atoms with Crippen LogP contribution in [0.3, 0.4) is 0 Å². The number of thioether (sulfide) groups is 1. The van der Waals surface area contributed by atoms with Gasteiger partial charge >= 0.3 is 12.4 Å². The van der Waals surface area contributed by atoms with Crippen LogP contribution in [0.2, 0.25) is 0 Å². The van der Waals surface area contributed by atoms with Gasteiger partial charge in [0.25, 0.3) is 11.9 Å². The molecular formula is C18H12F6N6OS. The number of benzene rings is 1. The van der Waals surface area contributed by atoms with Gasteiger partial charge in [0.15, 0.2) is 5.82 Å². The molecule has 168 valence electrons. The Bertz CT molecular complexity index is 1100. The Balaban J connectivity index is 1.72. The summed E-state index contributed by atoms with van der Waals surface area (Å²) in [6.07, 6.45) is -5.99. The van der Waals surface area contributed by atoms with Crippen LogP contribution in [0, 0.1) is 0 Å². The molecule has 32 heavy (non-hydrogen) atoms. The zero-order chi connectivity index (χ0) is 23.1. The van der Waals surface area contributed by atoms with Crippen LogP contribution in [0.5, 0.6) is 0 Å². The Morgan fingerprint density at radius 2 is 1.59 bits per heavy atom. The summed E-state index contributed by atoms with van der Waals surface area (Å²) in [5.41, 5.74) is -3.83. The Labute approximate surface area is 180 Å². The monoisotopic (exact) mass is 474 g/mol. The minimum atomic E-state index is -5.06. The molecule has 0 aliphatic carbocycles. The molecule has 14 heteroatoms. The molecule has 1 fully saturated rings. The van der Waals surface area contributed by atoms with Crippen LogP contribution in [0.15, 0.2) is 43.0 Å². The number of aromatic nitrogens is 5. The molecule has 0 radical (unpaired) electrons. The van der Waals surface area contributed by atoms with Crippen LogP contribution < -0.4 is 0 Å². The molecule has 1 amide bonds. The molecule has 1 aliphatic heterocycles. The number of hydrogen-bond acceptors (Lipinski definition) is 6. The summed E-state index contributed by atoms with van der Waals surface area (Å²) in [4.78, 5) is 26.4. The molecule has 3 aromatic rings. The minimum Gasteiger partial charge on any atom is -0.318 e. The molecule has 0 N–H and O–H groups in total. The van der Waals surface area contributed by atoms with E-state index < -0.39 is 41.0 Å². The third kappa shape index (κ3) is 4.26. The second-order valence-electron chi connectivity index (χ2n) is 6.66. The van der Waals surface area contributed by atoms with Gasteiger partial charge in [0, 0.05) is 23.7 Å². The van der Waals surface area contributed by atoms with E-state index in [1.54, 1.807) is 6.07 Å². The topological polar surface area (TPSA) is 76.8 Å². The van der Waals surface area contributed by atoms with Gasteiger partial charge in [-0.05, 0) is 24.3 Å². The zero-order valence-corrected chi connectivity index (χ0v) is 16.6. The van der Waals surface area contributed by atoms with Crippen LogP contribution in [-0.4, -0.2) is 47.2 Å². The van der Waals surface area contributed by atoms with Crippen molar-refractivity contribution < 1.29 is 31.1 Å². The molecule has 0 spiro atoms. The number of amides is 1. The molecular weight excluding hydrogens is 462 g/mol. The van der Waals surface area contributed by atoms with Gasteiger partial charge in [0.05, 0.1) is 17.0 Å². The van der Waals surface area contributed by atoms with Gasteiger partial charge in [-0.3, -0.25) is 4.79 Å². The summed E-state index contributed by atoms with van der Waals surface area (Å²) in [6.45, 7) is 0. The molecule has 1 saturated heterocycles. The summed E-state index contributed by atoms with van der Waals surface area (Å²) in [5, 5.41) is 4.03. The third-order valence-corrected chi connectivity index (χ3v) is 5.60. The molecule has 1 aromatic carbocycles. The normalized spacial score (nSPS) is 17.1. The van der Waals surface area contributed by atoms with E-state index in [-0.39, 0.29) is 23.7 Å². The lowest BCUT2D eigenvalue weighted by Crippen LogP contribution is -2.33. The van der Waals surface area contributed by atoms with Crippen molar-refractivity contribution in [1.82, 2.24) is 29.6 Å².